The lowest BCUT2D eigenvalue weighted by Crippen LogP contribution is -2.12. The minimum Gasteiger partial charge on any atom is -0.487 e. The van der Waals surface area contributed by atoms with Crippen molar-refractivity contribution in [1.82, 2.24) is 4.98 Å². The molecule has 0 saturated heterocycles. The zero-order chi connectivity index (χ0) is 20.2. The van der Waals surface area contributed by atoms with Gasteiger partial charge in [-0.15, -0.1) is 0 Å². The van der Waals surface area contributed by atoms with Gasteiger partial charge in [0.15, 0.2) is 11.6 Å². The number of carbonyl (C=O) groups is 1. The number of carbonyl (C=O) groups excluding carboxylic acids is 1. The summed E-state index contributed by atoms with van der Waals surface area (Å²) in [6.45, 7) is 0.297. The molecular weight excluding hydrogens is 374 g/mol. The van der Waals surface area contributed by atoms with Gasteiger partial charge >= 0.3 is 0 Å². The molecule has 0 unspecified atom stereocenters. The lowest BCUT2D eigenvalue weighted by Gasteiger charge is -2.09. The fourth-order valence-electron chi connectivity index (χ4n) is 2.83. The van der Waals surface area contributed by atoms with E-state index in [1.807, 2.05) is 36.4 Å². The highest BCUT2D eigenvalue weighted by molar-refractivity contribution is 6.04. The van der Waals surface area contributed by atoms with Crippen molar-refractivity contribution in [2.75, 3.05) is 5.32 Å². The van der Waals surface area contributed by atoms with Crippen LogP contribution in [0.2, 0.25) is 0 Å². The fraction of sp³-hybridized carbons (Fsp3) is 0.0435. The average Bonchev–Trinajstić information content (AvgIpc) is 2.75. The Morgan fingerprint density at radius 3 is 2.48 bits per heavy atom. The van der Waals surface area contributed by atoms with E-state index in [-0.39, 0.29) is 5.69 Å². The van der Waals surface area contributed by atoms with Gasteiger partial charge in [0.2, 0.25) is 0 Å². The van der Waals surface area contributed by atoms with Crippen molar-refractivity contribution < 1.29 is 18.3 Å². The average molecular weight is 390 g/mol. The van der Waals surface area contributed by atoms with E-state index in [1.165, 1.54) is 6.07 Å². The summed E-state index contributed by atoms with van der Waals surface area (Å²) in [5.41, 5.74) is 2.24. The first kappa shape index (κ1) is 18.6. The first-order valence-corrected chi connectivity index (χ1v) is 8.92. The van der Waals surface area contributed by atoms with Crippen molar-refractivity contribution in [2.45, 2.75) is 6.61 Å². The molecule has 6 heteroatoms. The summed E-state index contributed by atoms with van der Waals surface area (Å²) in [6, 6.07) is 21.5. The van der Waals surface area contributed by atoms with E-state index in [0.717, 1.165) is 28.7 Å². The minimum atomic E-state index is -1.02. The number of pyridine rings is 1. The molecule has 4 rings (SSSR count). The summed E-state index contributed by atoms with van der Waals surface area (Å²) in [5.74, 6) is -1.83. The van der Waals surface area contributed by atoms with Crippen molar-refractivity contribution in [3.05, 3.63) is 102 Å². The normalized spacial score (nSPS) is 10.7. The van der Waals surface area contributed by atoms with Crippen LogP contribution in [-0.2, 0) is 6.61 Å². The van der Waals surface area contributed by atoms with Crippen molar-refractivity contribution in [2.24, 2.45) is 0 Å². The molecule has 0 saturated carbocycles. The number of hydrogen-bond donors (Lipinski definition) is 1. The molecule has 0 fully saturated rings. The largest absolute Gasteiger partial charge is 0.487 e. The van der Waals surface area contributed by atoms with Gasteiger partial charge in [0.25, 0.3) is 5.91 Å². The number of para-hydroxylation sites is 1. The molecule has 1 heterocycles. The van der Waals surface area contributed by atoms with Crippen LogP contribution < -0.4 is 10.1 Å². The number of rotatable bonds is 5. The van der Waals surface area contributed by atoms with E-state index in [4.69, 9.17) is 4.74 Å². The van der Waals surface area contributed by atoms with Gasteiger partial charge in [-0.3, -0.25) is 4.79 Å². The molecule has 0 aliphatic rings. The van der Waals surface area contributed by atoms with Crippen LogP contribution in [0.1, 0.15) is 16.1 Å². The Labute approximate surface area is 165 Å². The Balaban J connectivity index is 1.39. The van der Waals surface area contributed by atoms with Crippen molar-refractivity contribution >= 4 is 22.5 Å². The molecule has 0 atom stereocenters. The Morgan fingerprint density at radius 1 is 0.897 bits per heavy atom. The smallest absolute Gasteiger partial charge is 0.255 e. The Bertz CT molecular complexity index is 1180. The lowest BCUT2D eigenvalue weighted by atomic mass is 10.2. The highest BCUT2D eigenvalue weighted by Crippen LogP contribution is 2.18. The third-order valence-electron chi connectivity index (χ3n) is 4.34. The molecule has 0 radical (unpaired) electrons. The maximum atomic E-state index is 13.2. The molecule has 1 aromatic heterocycles. The second-order valence-corrected chi connectivity index (χ2v) is 6.39. The Hall–Kier alpha value is -3.80. The number of ether oxygens (including phenoxy) is 1. The van der Waals surface area contributed by atoms with Gasteiger partial charge in [-0.25, -0.2) is 13.8 Å². The molecule has 0 aliphatic heterocycles. The molecule has 0 spiro atoms. The molecule has 4 nitrogen and oxygen atoms in total. The monoisotopic (exact) mass is 390 g/mol. The van der Waals surface area contributed by atoms with E-state index < -0.39 is 17.5 Å². The van der Waals surface area contributed by atoms with E-state index >= 15 is 0 Å². The third-order valence-corrected chi connectivity index (χ3v) is 4.34. The van der Waals surface area contributed by atoms with E-state index in [0.29, 0.717) is 17.9 Å². The SMILES string of the molecule is O=C(Nc1ccc(F)c(F)c1)c1ccc(OCc2ccc3ccccc3n2)cc1. The quantitative estimate of drug-likeness (QED) is 0.500. The number of anilines is 1. The Morgan fingerprint density at radius 2 is 1.69 bits per heavy atom. The first-order valence-electron chi connectivity index (χ1n) is 8.92. The number of nitrogens with zero attached hydrogens (tertiary/aromatic N) is 1. The van der Waals surface area contributed by atoms with Crippen LogP contribution in [0.25, 0.3) is 10.9 Å². The van der Waals surface area contributed by atoms with E-state index in [1.54, 1.807) is 24.3 Å². The second kappa shape index (κ2) is 8.06. The van der Waals surface area contributed by atoms with Gasteiger partial charge in [0.05, 0.1) is 11.2 Å². The molecule has 0 bridgehead atoms. The van der Waals surface area contributed by atoms with Gasteiger partial charge in [-0.1, -0.05) is 24.3 Å². The summed E-state index contributed by atoms with van der Waals surface area (Å²) in [4.78, 5) is 16.8. The number of fused-ring (bicyclic) bond motifs is 1. The Kier molecular flexibility index (Phi) is 5.16. The molecule has 29 heavy (non-hydrogen) atoms. The summed E-state index contributed by atoms with van der Waals surface area (Å²) < 4.78 is 32.0. The molecular formula is C23H16F2N2O2. The summed E-state index contributed by atoms with van der Waals surface area (Å²) in [5, 5.41) is 3.59. The zero-order valence-electron chi connectivity index (χ0n) is 15.2. The van der Waals surface area contributed by atoms with Crippen molar-refractivity contribution in [1.29, 1.82) is 0 Å². The van der Waals surface area contributed by atoms with Crippen LogP contribution in [0.3, 0.4) is 0 Å². The van der Waals surface area contributed by atoms with Crippen LogP contribution in [0.15, 0.2) is 78.9 Å². The first-order chi connectivity index (χ1) is 14.1. The fourth-order valence-corrected chi connectivity index (χ4v) is 2.83. The number of benzene rings is 3. The number of halogens is 2. The van der Waals surface area contributed by atoms with Crippen LogP contribution in [0, 0.1) is 11.6 Å². The molecule has 0 aliphatic carbocycles. The molecule has 4 aromatic rings. The van der Waals surface area contributed by atoms with E-state index in [2.05, 4.69) is 10.3 Å². The van der Waals surface area contributed by atoms with Crippen LogP contribution >= 0.6 is 0 Å². The number of aromatic nitrogens is 1. The predicted octanol–water partition coefficient (Wildman–Crippen LogP) is 5.34. The topological polar surface area (TPSA) is 51.2 Å². The van der Waals surface area contributed by atoms with Crippen LogP contribution in [-0.4, -0.2) is 10.9 Å². The van der Waals surface area contributed by atoms with Gasteiger partial charge in [0.1, 0.15) is 12.4 Å². The van der Waals surface area contributed by atoms with Crippen LogP contribution in [0.5, 0.6) is 5.75 Å². The van der Waals surface area contributed by atoms with Crippen molar-refractivity contribution in [3.63, 3.8) is 0 Å². The molecule has 1 amide bonds. The number of hydrogen-bond acceptors (Lipinski definition) is 3. The molecule has 1 N–H and O–H groups in total. The minimum absolute atomic E-state index is 0.177. The summed E-state index contributed by atoms with van der Waals surface area (Å²) >= 11 is 0. The molecule has 144 valence electrons. The van der Waals surface area contributed by atoms with Gasteiger partial charge in [-0.2, -0.15) is 0 Å². The van der Waals surface area contributed by atoms with Gasteiger partial charge in [0, 0.05) is 22.7 Å². The number of amides is 1. The summed E-state index contributed by atoms with van der Waals surface area (Å²) in [7, 11) is 0. The second-order valence-electron chi connectivity index (χ2n) is 6.39. The lowest BCUT2D eigenvalue weighted by molar-refractivity contribution is 0.102. The third kappa shape index (κ3) is 4.38. The van der Waals surface area contributed by atoms with E-state index in [9.17, 15) is 13.6 Å². The summed E-state index contributed by atoms with van der Waals surface area (Å²) in [6.07, 6.45) is 0. The predicted molar refractivity (Wildman–Crippen MR) is 107 cm³/mol. The van der Waals surface area contributed by atoms with Crippen LogP contribution in [0.4, 0.5) is 14.5 Å². The highest BCUT2D eigenvalue weighted by atomic mass is 19.2. The maximum Gasteiger partial charge on any atom is 0.255 e. The molecule has 3 aromatic carbocycles. The number of nitrogens with one attached hydrogen (secondary N) is 1. The van der Waals surface area contributed by atoms with Gasteiger partial charge in [-0.05, 0) is 48.5 Å². The maximum absolute atomic E-state index is 13.2. The standard InChI is InChI=1S/C23H16F2N2O2/c24-20-12-9-17(13-21(20)25)27-23(28)16-6-10-19(11-7-16)29-14-18-8-5-15-3-1-2-4-22(15)26-18/h1-13H,14H2,(H,27,28). The van der Waals surface area contributed by atoms with Crippen molar-refractivity contribution in [3.8, 4) is 5.75 Å². The van der Waals surface area contributed by atoms with Gasteiger partial charge < -0.3 is 10.1 Å². The zero-order valence-corrected chi connectivity index (χ0v) is 15.2. The highest BCUT2D eigenvalue weighted by Gasteiger charge is 2.09.